The first-order chi connectivity index (χ1) is 13.4. The van der Waals surface area contributed by atoms with Crippen molar-refractivity contribution in [3.63, 3.8) is 0 Å². The molecule has 0 bridgehead atoms. The van der Waals surface area contributed by atoms with E-state index < -0.39 is 0 Å². The van der Waals surface area contributed by atoms with E-state index in [1.807, 2.05) is 64.1 Å². The van der Waals surface area contributed by atoms with Gasteiger partial charge in [0.05, 0.1) is 18.8 Å². The third-order valence-electron chi connectivity index (χ3n) is 3.85. The molecule has 0 aliphatic carbocycles. The number of pyridine rings is 1. The number of nitrogens with zero attached hydrogens (tertiary/aromatic N) is 1. The van der Waals surface area contributed by atoms with E-state index in [4.69, 9.17) is 9.47 Å². The Morgan fingerprint density at radius 2 is 1.82 bits per heavy atom. The Morgan fingerprint density at radius 1 is 1.07 bits per heavy atom. The largest absolute Gasteiger partial charge is 0.477 e. The predicted molar refractivity (Wildman–Crippen MR) is 110 cm³/mol. The van der Waals surface area contributed by atoms with Crippen molar-refractivity contribution >= 4 is 6.03 Å². The minimum absolute atomic E-state index is 0.180. The molecule has 1 aromatic carbocycles. The number of rotatable bonds is 9. The van der Waals surface area contributed by atoms with Crippen LogP contribution in [0.15, 0.2) is 42.6 Å². The number of hydrogen-bond donors (Lipinski definition) is 2. The topological polar surface area (TPSA) is 72.5 Å². The Balaban J connectivity index is 1.81. The van der Waals surface area contributed by atoms with E-state index in [-0.39, 0.29) is 11.6 Å². The number of benzene rings is 1. The molecule has 0 aliphatic rings. The molecule has 0 spiro atoms. The zero-order chi connectivity index (χ0) is 20.4. The monoisotopic (exact) mass is 385 g/mol. The van der Waals surface area contributed by atoms with Crippen LogP contribution in [0, 0.1) is 0 Å². The van der Waals surface area contributed by atoms with Gasteiger partial charge >= 0.3 is 6.03 Å². The molecule has 2 rings (SSSR count). The maximum Gasteiger partial charge on any atom is 0.315 e. The molecule has 0 saturated carbocycles. The van der Waals surface area contributed by atoms with Crippen LogP contribution in [0.5, 0.6) is 5.88 Å². The van der Waals surface area contributed by atoms with Gasteiger partial charge in [-0.2, -0.15) is 0 Å². The average molecular weight is 386 g/mol. The minimum atomic E-state index is -0.235. The lowest BCUT2D eigenvalue weighted by molar-refractivity contribution is -0.0149. The van der Waals surface area contributed by atoms with E-state index in [1.54, 1.807) is 6.20 Å². The first-order valence-electron chi connectivity index (χ1n) is 9.67. The summed E-state index contributed by atoms with van der Waals surface area (Å²) in [6.07, 6.45) is 2.59. The van der Waals surface area contributed by atoms with Crippen molar-refractivity contribution in [1.82, 2.24) is 15.6 Å². The Morgan fingerprint density at radius 3 is 2.57 bits per heavy atom. The zero-order valence-electron chi connectivity index (χ0n) is 17.2. The van der Waals surface area contributed by atoms with Gasteiger partial charge in [-0.25, -0.2) is 9.78 Å². The molecule has 1 heterocycles. The van der Waals surface area contributed by atoms with Crippen LogP contribution in [-0.2, 0) is 24.4 Å². The second-order valence-electron chi connectivity index (χ2n) is 7.57. The van der Waals surface area contributed by atoms with Crippen LogP contribution < -0.4 is 15.4 Å². The summed E-state index contributed by atoms with van der Waals surface area (Å²) < 4.78 is 11.4. The molecule has 0 radical (unpaired) electrons. The van der Waals surface area contributed by atoms with Crippen molar-refractivity contribution in [1.29, 1.82) is 0 Å². The van der Waals surface area contributed by atoms with Crippen LogP contribution in [0.2, 0.25) is 0 Å². The van der Waals surface area contributed by atoms with Crippen molar-refractivity contribution in [3.8, 4) is 5.88 Å². The molecule has 6 heteroatoms. The molecule has 2 amide bonds. The van der Waals surface area contributed by atoms with Gasteiger partial charge in [-0.1, -0.05) is 37.3 Å². The lowest BCUT2D eigenvalue weighted by Gasteiger charge is -2.19. The van der Waals surface area contributed by atoms with E-state index >= 15 is 0 Å². The maximum atomic E-state index is 12.1. The maximum absolute atomic E-state index is 12.1. The molecule has 0 aliphatic heterocycles. The standard InChI is InChI=1S/C22H31N3O3/c1-5-12-27-20-19(10-7-11-23-20)15-25-21(26)24-14-17-8-6-9-18(13-17)16-28-22(2,3)4/h6-11,13H,5,12,14-16H2,1-4H3,(H2,24,25,26). The lowest BCUT2D eigenvalue weighted by Crippen LogP contribution is -2.34. The fourth-order valence-electron chi connectivity index (χ4n) is 2.44. The highest BCUT2D eigenvalue weighted by Gasteiger charge is 2.10. The summed E-state index contributed by atoms with van der Waals surface area (Å²) in [6.45, 7) is 10.1. The summed E-state index contributed by atoms with van der Waals surface area (Å²) in [7, 11) is 0. The summed E-state index contributed by atoms with van der Waals surface area (Å²) in [4.78, 5) is 16.4. The molecule has 0 unspecified atom stereocenters. The van der Waals surface area contributed by atoms with Crippen molar-refractivity contribution in [3.05, 3.63) is 59.3 Å². The van der Waals surface area contributed by atoms with Crippen LogP contribution in [0.3, 0.4) is 0 Å². The van der Waals surface area contributed by atoms with Gasteiger partial charge in [0.2, 0.25) is 5.88 Å². The minimum Gasteiger partial charge on any atom is -0.477 e. The Labute approximate surface area is 167 Å². The summed E-state index contributed by atoms with van der Waals surface area (Å²) in [5.41, 5.74) is 2.79. The van der Waals surface area contributed by atoms with Gasteiger partial charge in [-0.05, 0) is 44.4 Å². The van der Waals surface area contributed by atoms with Crippen molar-refractivity contribution in [2.45, 2.75) is 59.4 Å². The molecule has 0 saturated heterocycles. The van der Waals surface area contributed by atoms with Crippen molar-refractivity contribution < 1.29 is 14.3 Å². The third-order valence-corrected chi connectivity index (χ3v) is 3.85. The fraction of sp³-hybridized carbons (Fsp3) is 0.455. The highest BCUT2D eigenvalue weighted by Crippen LogP contribution is 2.15. The van der Waals surface area contributed by atoms with Crippen LogP contribution in [0.4, 0.5) is 4.79 Å². The molecule has 2 aromatic rings. The molecule has 6 nitrogen and oxygen atoms in total. The van der Waals surface area contributed by atoms with E-state index in [0.29, 0.717) is 32.2 Å². The number of ether oxygens (including phenoxy) is 2. The number of carbonyl (C=O) groups excluding carboxylic acids is 1. The van der Waals surface area contributed by atoms with Crippen molar-refractivity contribution in [2.24, 2.45) is 0 Å². The Bertz CT molecular complexity index is 757. The van der Waals surface area contributed by atoms with Gasteiger partial charge in [0.25, 0.3) is 0 Å². The number of urea groups is 1. The molecule has 152 valence electrons. The van der Waals surface area contributed by atoms with Gasteiger partial charge in [-0.3, -0.25) is 0 Å². The smallest absolute Gasteiger partial charge is 0.315 e. The normalized spacial score (nSPS) is 11.1. The third kappa shape index (κ3) is 7.96. The Hall–Kier alpha value is -2.60. The van der Waals surface area contributed by atoms with Crippen molar-refractivity contribution in [2.75, 3.05) is 6.61 Å². The number of amides is 2. The van der Waals surface area contributed by atoms with Gasteiger partial charge in [0.15, 0.2) is 0 Å². The first-order valence-corrected chi connectivity index (χ1v) is 9.67. The van der Waals surface area contributed by atoms with Crippen LogP contribution in [0.25, 0.3) is 0 Å². The van der Waals surface area contributed by atoms with E-state index in [0.717, 1.165) is 23.1 Å². The van der Waals surface area contributed by atoms with E-state index in [2.05, 4.69) is 15.6 Å². The molecule has 0 fully saturated rings. The van der Waals surface area contributed by atoms with Crippen LogP contribution in [0.1, 0.15) is 50.8 Å². The molecule has 28 heavy (non-hydrogen) atoms. The quantitative estimate of drug-likeness (QED) is 0.679. The zero-order valence-corrected chi connectivity index (χ0v) is 17.2. The molecule has 0 atom stereocenters. The summed E-state index contributed by atoms with van der Waals surface area (Å²) in [6, 6.07) is 11.5. The number of aromatic nitrogens is 1. The van der Waals surface area contributed by atoms with E-state index in [9.17, 15) is 4.79 Å². The molecular formula is C22H31N3O3. The molecule has 2 N–H and O–H groups in total. The summed E-state index contributed by atoms with van der Waals surface area (Å²) in [5, 5.41) is 5.73. The van der Waals surface area contributed by atoms with Crippen LogP contribution >= 0.6 is 0 Å². The van der Waals surface area contributed by atoms with Gasteiger partial charge in [0.1, 0.15) is 0 Å². The highest BCUT2D eigenvalue weighted by molar-refractivity contribution is 5.73. The number of carbonyl (C=O) groups is 1. The first kappa shape index (κ1) is 21.7. The number of nitrogens with one attached hydrogen (secondary N) is 2. The SMILES string of the molecule is CCCOc1ncccc1CNC(=O)NCc1cccc(COC(C)(C)C)c1. The van der Waals surface area contributed by atoms with Gasteiger partial charge in [0, 0.05) is 24.8 Å². The second-order valence-corrected chi connectivity index (χ2v) is 7.57. The fourth-order valence-corrected chi connectivity index (χ4v) is 2.44. The predicted octanol–water partition coefficient (Wildman–Crippen LogP) is 4.18. The average Bonchev–Trinajstić information content (AvgIpc) is 2.68. The lowest BCUT2D eigenvalue weighted by atomic mass is 10.1. The Kier molecular flexibility index (Phi) is 8.26. The molecule has 1 aromatic heterocycles. The van der Waals surface area contributed by atoms with Gasteiger partial charge < -0.3 is 20.1 Å². The highest BCUT2D eigenvalue weighted by atomic mass is 16.5. The second kappa shape index (κ2) is 10.7. The summed E-state index contributed by atoms with van der Waals surface area (Å²) in [5.74, 6) is 0.566. The summed E-state index contributed by atoms with van der Waals surface area (Å²) >= 11 is 0. The van der Waals surface area contributed by atoms with Crippen LogP contribution in [-0.4, -0.2) is 23.2 Å². The number of hydrogen-bond acceptors (Lipinski definition) is 4. The van der Waals surface area contributed by atoms with E-state index in [1.165, 1.54) is 0 Å². The molecular weight excluding hydrogens is 354 g/mol. The van der Waals surface area contributed by atoms with Gasteiger partial charge in [-0.15, -0.1) is 0 Å².